The number of rotatable bonds is 12. The van der Waals surface area contributed by atoms with E-state index in [0.717, 1.165) is 38.5 Å². The maximum absolute atomic E-state index is 10.3. The zero-order chi connectivity index (χ0) is 14.5. The number of allylic oxidation sites excluding steroid dienone is 2. The zero-order valence-electron chi connectivity index (χ0n) is 12.5. The van der Waals surface area contributed by atoms with Gasteiger partial charge in [-0.25, -0.2) is 0 Å². The zero-order valence-corrected chi connectivity index (χ0v) is 12.5. The van der Waals surface area contributed by atoms with Crippen LogP contribution in [0.25, 0.3) is 0 Å². The number of aliphatic hydroxyl groups is 1. The Labute approximate surface area is 117 Å². The highest BCUT2D eigenvalue weighted by Gasteiger charge is 1.97. The Bertz CT molecular complexity index is 257. The Morgan fingerprint density at radius 2 is 1.68 bits per heavy atom. The molecular formula is C16H30O3. The van der Waals surface area contributed by atoms with Crippen LogP contribution in [0.5, 0.6) is 0 Å². The molecule has 112 valence electrons. The lowest BCUT2D eigenvalue weighted by molar-refractivity contribution is -0.137. The fourth-order valence-corrected chi connectivity index (χ4v) is 2.07. The molecule has 0 radical (unpaired) electrons. The van der Waals surface area contributed by atoms with Gasteiger partial charge < -0.3 is 10.2 Å². The number of hydrogen-bond donors (Lipinski definition) is 2. The quantitative estimate of drug-likeness (QED) is 0.410. The maximum atomic E-state index is 10.3. The Morgan fingerprint density at radius 3 is 2.32 bits per heavy atom. The lowest BCUT2D eigenvalue weighted by Gasteiger charge is -2.04. The molecule has 0 saturated carbocycles. The largest absolute Gasteiger partial charge is 0.481 e. The van der Waals surface area contributed by atoms with Crippen LogP contribution in [0.3, 0.4) is 0 Å². The van der Waals surface area contributed by atoms with Crippen molar-refractivity contribution in [2.45, 2.75) is 84.2 Å². The summed E-state index contributed by atoms with van der Waals surface area (Å²) in [6, 6.07) is 0. The molecule has 0 heterocycles. The highest BCUT2D eigenvalue weighted by molar-refractivity contribution is 5.66. The second-order valence-corrected chi connectivity index (χ2v) is 5.49. The molecule has 2 N–H and O–H groups in total. The van der Waals surface area contributed by atoms with Crippen LogP contribution in [-0.4, -0.2) is 22.3 Å². The first-order valence-corrected chi connectivity index (χ1v) is 7.58. The minimum absolute atomic E-state index is 0.160. The van der Waals surface area contributed by atoms with Gasteiger partial charge in [0, 0.05) is 6.42 Å². The van der Waals surface area contributed by atoms with Crippen LogP contribution >= 0.6 is 0 Å². The van der Waals surface area contributed by atoms with Gasteiger partial charge in [0.25, 0.3) is 0 Å². The van der Waals surface area contributed by atoms with E-state index in [9.17, 15) is 4.79 Å². The number of hydrogen-bond acceptors (Lipinski definition) is 2. The van der Waals surface area contributed by atoms with Crippen LogP contribution in [0.1, 0.15) is 78.1 Å². The molecule has 0 aromatic carbocycles. The maximum Gasteiger partial charge on any atom is 0.303 e. The van der Waals surface area contributed by atoms with E-state index in [2.05, 4.69) is 13.0 Å². The molecule has 3 heteroatoms. The molecule has 0 amide bonds. The highest BCUT2D eigenvalue weighted by atomic mass is 16.4. The Hall–Kier alpha value is -0.830. The molecule has 0 bridgehead atoms. The second kappa shape index (κ2) is 12.2. The summed E-state index contributed by atoms with van der Waals surface area (Å²) in [5.41, 5.74) is 1.42. The average molecular weight is 270 g/mol. The summed E-state index contributed by atoms with van der Waals surface area (Å²) in [5, 5.41) is 17.6. The van der Waals surface area contributed by atoms with E-state index in [0.29, 0.717) is 0 Å². The molecular weight excluding hydrogens is 240 g/mol. The summed E-state index contributed by atoms with van der Waals surface area (Å²) in [6.07, 6.45) is 12.0. The van der Waals surface area contributed by atoms with Gasteiger partial charge in [0.05, 0.1) is 6.10 Å². The van der Waals surface area contributed by atoms with Crippen molar-refractivity contribution in [2.24, 2.45) is 0 Å². The van der Waals surface area contributed by atoms with Gasteiger partial charge in [-0.05, 0) is 52.4 Å². The van der Waals surface area contributed by atoms with Crippen LogP contribution in [-0.2, 0) is 4.79 Å². The summed E-state index contributed by atoms with van der Waals surface area (Å²) >= 11 is 0. The number of carboxylic acids is 1. The van der Waals surface area contributed by atoms with Crippen molar-refractivity contribution in [3.05, 3.63) is 11.6 Å². The van der Waals surface area contributed by atoms with Crippen LogP contribution in [0, 0.1) is 0 Å². The summed E-state index contributed by atoms with van der Waals surface area (Å²) < 4.78 is 0. The molecule has 1 unspecified atom stereocenters. The molecule has 0 aliphatic heterocycles. The van der Waals surface area contributed by atoms with Gasteiger partial charge in [-0.15, -0.1) is 0 Å². The smallest absolute Gasteiger partial charge is 0.303 e. The standard InChI is InChI=1S/C16H30O3/c1-14(11-7-5-9-13-16(18)19)10-6-3-4-8-12-15(2)17/h11,15,17H,3-10,12-13H2,1-2H3,(H,18,19)/b14-11+. The summed E-state index contributed by atoms with van der Waals surface area (Å²) in [4.78, 5) is 10.3. The topological polar surface area (TPSA) is 57.5 Å². The van der Waals surface area contributed by atoms with Crippen LogP contribution in [0.2, 0.25) is 0 Å². The fraction of sp³-hybridized carbons (Fsp3) is 0.812. The molecule has 0 aliphatic rings. The molecule has 0 aromatic heterocycles. The van der Waals surface area contributed by atoms with Crippen molar-refractivity contribution >= 4 is 5.97 Å². The van der Waals surface area contributed by atoms with E-state index in [1.54, 1.807) is 0 Å². The molecule has 0 saturated heterocycles. The van der Waals surface area contributed by atoms with Crippen molar-refractivity contribution in [1.29, 1.82) is 0 Å². The van der Waals surface area contributed by atoms with Crippen molar-refractivity contribution in [3.63, 3.8) is 0 Å². The Balaban J connectivity index is 3.37. The average Bonchev–Trinajstić information content (AvgIpc) is 2.32. The lowest BCUT2D eigenvalue weighted by Crippen LogP contribution is -1.98. The molecule has 1 atom stereocenters. The van der Waals surface area contributed by atoms with E-state index < -0.39 is 5.97 Å². The van der Waals surface area contributed by atoms with Gasteiger partial charge in [-0.1, -0.05) is 30.9 Å². The third-order valence-corrected chi connectivity index (χ3v) is 3.28. The molecule has 3 nitrogen and oxygen atoms in total. The summed E-state index contributed by atoms with van der Waals surface area (Å²) in [7, 11) is 0. The molecule has 0 spiro atoms. The minimum Gasteiger partial charge on any atom is -0.481 e. The van der Waals surface area contributed by atoms with Crippen LogP contribution in [0.15, 0.2) is 11.6 Å². The molecule has 19 heavy (non-hydrogen) atoms. The molecule has 0 fully saturated rings. The summed E-state index contributed by atoms with van der Waals surface area (Å²) in [5.74, 6) is -0.696. The van der Waals surface area contributed by atoms with Gasteiger partial charge >= 0.3 is 5.97 Å². The minimum atomic E-state index is -0.696. The fourth-order valence-electron chi connectivity index (χ4n) is 2.07. The molecule has 0 rings (SSSR count). The SMILES string of the molecule is C/C(=C\CCCCC(=O)O)CCCCCCC(C)O. The second-order valence-electron chi connectivity index (χ2n) is 5.49. The third-order valence-electron chi connectivity index (χ3n) is 3.28. The lowest BCUT2D eigenvalue weighted by atomic mass is 10.0. The van der Waals surface area contributed by atoms with Gasteiger partial charge in [0.2, 0.25) is 0 Å². The third kappa shape index (κ3) is 15.1. The van der Waals surface area contributed by atoms with E-state index in [-0.39, 0.29) is 12.5 Å². The summed E-state index contributed by atoms with van der Waals surface area (Å²) in [6.45, 7) is 4.00. The number of aliphatic carboxylic acids is 1. The predicted molar refractivity (Wildman–Crippen MR) is 79.2 cm³/mol. The molecule has 0 aromatic rings. The first kappa shape index (κ1) is 18.2. The van der Waals surface area contributed by atoms with Crippen molar-refractivity contribution in [1.82, 2.24) is 0 Å². The number of carboxylic acid groups (broad SMARTS) is 1. The van der Waals surface area contributed by atoms with Gasteiger partial charge in [-0.2, -0.15) is 0 Å². The Morgan fingerprint density at radius 1 is 1.05 bits per heavy atom. The van der Waals surface area contributed by atoms with Crippen molar-refractivity contribution in [2.75, 3.05) is 0 Å². The number of aliphatic hydroxyl groups excluding tert-OH is 1. The van der Waals surface area contributed by atoms with E-state index >= 15 is 0 Å². The van der Waals surface area contributed by atoms with E-state index in [4.69, 9.17) is 10.2 Å². The van der Waals surface area contributed by atoms with Gasteiger partial charge in [0.15, 0.2) is 0 Å². The predicted octanol–water partition coefficient (Wildman–Crippen LogP) is 4.30. The number of carbonyl (C=O) groups is 1. The van der Waals surface area contributed by atoms with Gasteiger partial charge in [-0.3, -0.25) is 4.79 Å². The normalized spacial score (nSPS) is 13.5. The van der Waals surface area contributed by atoms with Crippen molar-refractivity contribution < 1.29 is 15.0 Å². The van der Waals surface area contributed by atoms with Crippen LogP contribution in [0.4, 0.5) is 0 Å². The van der Waals surface area contributed by atoms with E-state index in [1.807, 2.05) is 6.92 Å². The Kier molecular flexibility index (Phi) is 11.7. The molecule has 0 aliphatic carbocycles. The monoisotopic (exact) mass is 270 g/mol. The number of unbranched alkanes of at least 4 members (excludes halogenated alkanes) is 5. The van der Waals surface area contributed by atoms with Crippen molar-refractivity contribution in [3.8, 4) is 0 Å². The van der Waals surface area contributed by atoms with E-state index in [1.165, 1.54) is 24.8 Å². The van der Waals surface area contributed by atoms with Gasteiger partial charge in [0.1, 0.15) is 0 Å². The van der Waals surface area contributed by atoms with Crippen LogP contribution < -0.4 is 0 Å². The first-order valence-electron chi connectivity index (χ1n) is 7.58. The highest BCUT2D eigenvalue weighted by Crippen LogP contribution is 2.13. The first-order chi connectivity index (χ1) is 9.02.